The van der Waals surface area contributed by atoms with Gasteiger partial charge in [-0.05, 0) is 24.3 Å². The molecule has 1 heterocycles. The van der Waals surface area contributed by atoms with E-state index in [0.29, 0.717) is 5.41 Å². The van der Waals surface area contributed by atoms with Gasteiger partial charge in [-0.25, -0.2) is 0 Å². The van der Waals surface area contributed by atoms with Crippen molar-refractivity contribution in [3.05, 3.63) is 36.1 Å². The van der Waals surface area contributed by atoms with Crippen molar-refractivity contribution in [3.8, 4) is 0 Å². The fourth-order valence-corrected chi connectivity index (χ4v) is 2.03. The molecule has 2 heteroatoms. The molecule has 0 saturated heterocycles. The minimum absolute atomic E-state index is 0.0675. The summed E-state index contributed by atoms with van der Waals surface area (Å²) in [6.07, 6.45) is 3.92. The average Bonchev–Trinajstić information content (AvgIpc) is 2.68. The lowest BCUT2D eigenvalue weighted by molar-refractivity contribution is 0.349. The molecule has 0 aliphatic rings. The van der Waals surface area contributed by atoms with Crippen molar-refractivity contribution in [2.24, 2.45) is 11.1 Å². The summed E-state index contributed by atoms with van der Waals surface area (Å²) < 4.78 is 5.52. The number of hydrogen-bond donors (Lipinski definition) is 1. The van der Waals surface area contributed by atoms with Crippen LogP contribution in [0.25, 0.3) is 11.0 Å². The summed E-state index contributed by atoms with van der Waals surface area (Å²) in [5.41, 5.74) is 8.64. The summed E-state index contributed by atoms with van der Waals surface area (Å²) in [4.78, 5) is 0. The molecule has 2 rings (SSSR count). The molecule has 1 atom stereocenters. The van der Waals surface area contributed by atoms with E-state index < -0.39 is 0 Å². The van der Waals surface area contributed by atoms with Crippen molar-refractivity contribution >= 4 is 11.0 Å². The van der Waals surface area contributed by atoms with Crippen LogP contribution in [0.4, 0.5) is 0 Å². The van der Waals surface area contributed by atoms with Gasteiger partial charge in [-0.1, -0.05) is 39.0 Å². The third kappa shape index (κ3) is 2.89. The Morgan fingerprint density at radius 3 is 2.65 bits per heavy atom. The molecule has 0 aliphatic carbocycles. The zero-order chi connectivity index (χ0) is 12.5. The van der Waals surface area contributed by atoms with Gasteiger partial charge >= 0.3 is 0 Å². The molecule has 0 saturated carbocycles. The van der Waals surface area contributed by atoms with E-state index >= 15 is 0 Å². The minimum Gasteiger partial charge on any atom is -0.464 e. The maximum absolute atomic E-state index is 6.25. The highest BCUT2D eigenvalue weighted by Gasteiger charge is 2.17. The van der Waals surface area contributed by atoms with Crippen molar-refractivity contribution in [2.45, 2.75) is 39.7 Å². The van der Waals surface area contributed by atoms with Gasteiger partial charge in [0, 0.05) is 17.0 Å². The van der Waals surface area contributed by atoms with Crippen LogP contribution in [0.2, 0.25) is 0 Å². The van der Waals surface area contributed by atoms with Gasteiger partial charge in [0.05, 0.1) is 6.26 Å². The van der Waals surface area contributed by atoms with Gasteiger partial charge in [0.15, 0.2) is 0 Å². The summed E-state index contributed by atoms with van der Waals surface area (Å²) in [6, 6.07) is 8.13. The summed E-state index contributed by atoms with van der Waals surface area (Å²) in [6.45, 7) is 6.73. The molecule has 2 nitrogen and oxygen atoms in total. The van der Waals surface area contributed by atoms with E-state index in [1.807, 2.05) is 18.2 Å². The van der Waals surface area contributed by atoms with Crippen LogP contribution in [0.5, 0.6) is 0 Å². The number of furan rings is 1. The monoisotopic (exact) mass is 231 g/mol. The highest BCUT2D eigenvalue weighted by Crippen LogP contribution is 2.30. The molecule has 2 aromatic rings. The second kappa shape index (κ2) is 4.53. The van der Waals surface area contributed by atoms with Gasteiger partial charge in [-0.15, -0.1) is 0 Å². The quantitative estimate of drug-likeness (QED) is 0.857. The van der Waals surface area contributed by atoms with E-state index in [4.69, 9.17) is 10.2 Å². The standard InChI is InChI=1S/C15H21NO/c1-15(2,3)9-8-13(16)12-10-17-14-7-5-4-6-11(12)14/h4-7,10,13H,8-9,16H2,1-3H3. The molecule has 1 unspecified atom stereocenters. The van der Waals surface area contributed by atoms with Crippen molar-refractivity contribution in [2.75, 3.05) is 0 Å². The zero-order valence-corrected chi connectivity index (χ0v) is 10.9. The number of para-hydroxylation sites is 1. The Morgan fingerprint density at radius 2 is 1.94 bits per heavy atom. The number of rotatable bonds is 3. The second-order valence-corrected chi connectivity index (χ2v) is 5.89. The molecule has 0 bridgehead atoms. The van der Waals surface area contributed by atoms with E-state index in [-0.39, 0.29) is 6.04 Å². The second-order valence-electron chi connectivity index (χ2n) is 5.89. The van der Waals surface area contributed by atoms with Crippen LogP contribution in [0.3, 0.4) is 0 Å². The molecule has 0 spiro atoms. The first kappa shape index (κ1) is 12.2. The molecule has 2 N–H and O–H groups in total. The molecular formula is C15H21NO. The molecule has 0 aliphatic heterocycles. The van der Waals surface area contributed by atoms with Crippen molar-refractivity contribution in [3.63, 3.8) is 0 Å². The predicted molar refractivity (Wildman–Crippen MR) is 71.8 cm³/mol. The maximum atomic E-state index is 6.25. The first-order valence-corrected chi connectivity index (χ1v) is 6.19. The highest BCUT2D eigenvalue weighted by atomic mass is 16.3. The van der Waals surface area contributed by atoms with Gasteiger partial charge < -0.3 is 10.2 Å². The van der Waals surface area contributed by atoms with Crippen molar-refractivity contribution in [1.82, 2.24) is 0 Å². The Balaban J connectivity index is 2.16. The number of benzene rings is 1. The first-order chi connectivity index (χ1) is 7.97. The summed E-state index contributed by atoms with van der Waals surface area (Å²) >= 11 is 0. The normalized spacial score (nSPS) is 14.1. The highest BCUT2D eigenvalue weighted by molar-refractivity contribution is 5.81. The zero-order valence-electron chi connectivity index (χ0n) is 10.9. The Bertz CT molecular complexity index is 493. The summed E-state index contributed by atoms with van der Waals surface area (Å²) in [5.74, 6) is 0. The first-order valence-electron chi connectivity index (χ1n) is 6.19. The lowest BCUT2D eigenvalue weighted by Crippen LogP contribution is -2.14. The van der Waals surface area contributed by atoms with Crippen molar-refractivity contribution < 1.29 is 4.42 Å². The van der Waals surface area contributed by atoms with Crippen LogP contribution in [0.15, 0.2) is 34.9 Å². The molecule has 1 aromatic carbocycles. The van der Waals surface area contributed by atoms with Crippen LogP contribution in [0.1, 0.15) is 45.2 Å². The molecule has 92 valence electrons. The molecule has 0 amide bonds. The Hall–Kier alpha value is -1.28. The molecule has 0 fully saturated rings. The van der Waals surface area contributed by atoms with E-state index in [9.17, 15) is 0 Å². The Kier molecular flexibility index (Phi) is 3.25. The Labute approximate surface area is 103 Å². The average molecular weight is 231 g/mol. The summed E-state index contributed by atoms with van der Waals surface area (Å²) in [7, 11) is 0. The fraction of sp³-hybridized carbons (Fsp3) is 0.467. The van der Waals surface area contributed by atoms with E-state index in [1.54, 1.807) is 6.26 Å². The third-order valence-electron chi connectivity index (χ3n) is 3.12. The Morgan fingerprint density at radius 1 is 1.24 bits per heavy atom. The van der Waals surface area contributed by atoms with Crippen molar-refractivity contribution in [1.29, 1.82) is 0 Å². The smallest absolute Gasteiger partial charge is 0.134 e. The molecule has 17 heavy (non-hydrogen) atoms. The van der Waals surface area contributed by atoms with Crippen LogP contribution < -0.4 is 5.73 Å². The fourth-order valence-electron chi connectivity index (χ4n) is 2.03. The van der Waals surface area contributed by atoms with Gasteiger partial charge in [0.1, 0.15) is 5.58 Å². The van der Waals surface area contributed by atoms with Crippen LogP contribution in [0, 0.1) is 5.41 Å². The van der Waals surface area contributed by atoms with Crippen LogP contribution in [-0.4, -0.2) is 0 Å². The lowest BCUT2D eigenvalue weighted by atomic mass is 9.87. The summed E-state index contributed by atoms with van der Waals surface area (Å²) in [5, 5.41) is 1.15. The number of hydrogen-bond acceptors (Lipinski definition) is 2. The maximum Gasteiger partial charge on any atom is 0.134 e. The minimum atomic E-state index is 0.0675. The topological polar surface area (TPSA) is 39.2 Å². The van der Waals surface area contributed by atoms with Crippen LogP contribution >= 0.6 is 0 Å². The van der Waals surface area contributed by atoms with Gasteiger partial charge in [0.25, 0.3) is 0 Å². The van der Waals surface area contributed by atoms with Gasteiger partial charge in [0.2, 0.25) is 0 Å². The lowest BCUT2D eigenvalue weighted by Gasteiger charge is -2.20. The van der Waals surface area contributed by atoms with E-state index in [2.05, 4.69) is 26.8 Å². The molecule has 1 aromatic heterocycles. The van der Waals surface area contributed by atoms with Gasteiger partial charge in [-0.3, -0.25) is 0 Å². The largest absolute Gasteiger partial charge is 0.464 e. The predicted octanol–water partition coefficient (Wildman–Crippen LogP) is 4.26. The SMILES string of the molecule is CC(C)(C)CCC(N)c1coc2ccccc12. The number of nitrogens with two attached hydrogens (primary N) is 1. The van der Waals surface area contributed by atoms with E-state index in [1.165, 1.54) is 0 Å². The van der Waals surface area contributed by atoms with E-state index in [0.717, 1.165) is 29.4 Å². The molecule has 0 radical (unpaired) electrons. The van der Waals surface area contributed by atoms with Crippen LogP contribution in [-0.2, 0) is 0 Å². The molecular weight excluding hydrogens is 210 g/mol. The van der Waals surface area contributed by atoms with Gasteiger partial charge in [-0.2, -0.15) is 0 Å². The number of fused-ring (bicyclic) bond motifs is 1. The third-order valence-corrected chi connectivity index (χ3v) is 3.12.